The monoisotopic (exact) mass is 202 g/mol. The molecule has 0 bridgehead atoms. The molecule has 2 rings (SSSR count). The van der Waals surface area contributed by atoms with Crippen LogP contribution in [0, 0.1) is 11.8 Å². The molecule has 2 unspecified atom stereocenters. The van der Waals surface area contributed by atoms with Gasteiger partial charge in [-0.1, -0.05) is 37.6 Å². The highest BCUT2D eigenvalue weighted by atomic mass is 14.2. The van der Waals surface area contributed by atoms with Gasteiger partial charge in [0.2, 0.25) is 0 Å². The van der Waals surface area contributed by atoms with Gasteiger partial charge in [-0.3, -0.25) is 0 Å². The molecule has 0 saturated carbocycles. The maximum Gasteiger partial charge on any atom is -0.0230 e. The van der Waals surface area contributed by atoms with E-state index < -0.39 is 0 Å². The summed E-state index contributed by atoms with van der Waals surface area (Å²) in [7, 11) is 0. The highest BCUT2D eigenvalue weighted by Crippen LogP contribution is 2.34. The van der Waals surface area contributed by atoms with Crippen LogP contribution in [0.2, 0.25) is 0 Å². The average Bonchev–Trinajstić information content (AvgIpc) is 2.23. The minimum absolute atomic E-state index is 0.765. The minimum Gasteiger partial charge on any atom is -0.0779 e. The van der Waals surface area contributed by atoms with Crippen LogP contribution in [-0.2, 0) is 0 Å². The fourth-order valence-electron chi connectivity index (χ4n) is 2.49. The van der Waals surface area contributed by atoms with Gasteiger partial charge >= 0.3 is 0 Å². The van der Waals surface area contributed by atoms with Gasteiger partial charge in [-0.2, -0.15) is 0 Å². The second-order valence-electron chi connectivity index (χ2n) is 5.27. The largest absolute Gasteiger partial charge is 0.0779 e. The molecule has 0 N–H and O–H groups in total. The van der Waals surface area contributed by atoms with Gasteiger partial charge in [0, 0.05) is 0 Å². The Labute approximate surface area is 93.8 Å². The molecule has 2 aliphatic rings. The van der Waals surface area contributed by atoms with Crippen molar-refractivity contribution in [3.63, 3.8) is 0 Å². The first kappa shape index (κ1) is 10.7. The van der Waals surface area contributed by atoms with E-state index in [1.807, 2.05) is 0 Å². The van der Waals surface area contributed by atoms with E-state index >= 15 is 0 Å². The van der Waals surface area contributed by atoms with Gasteiger partial charge in [0.1, 0.15) is 0 Å². The Kier molecular flexibility index (Phi) is 3.14. The Morgan fingerprint density at radius 3 is 2.40 bits per heavy atom. The van der Waals surface area contributed by atoms with E-state index in [1.54, 1.807) is 11.1 Å². The normalized spacial score (nSPS) is 31.8. The van der Waals surface area contributed by atoms with Crippen LogP contribution in [0.1, 0.15) is 46.5 Å². The third kappa shape index (κ3) is 2.42. The summed E-state index contributed by atoms with van der Waals surface area (Å²) in [6.45, 7) is 6.96. The van der Waals surface area contributed by atoms with Crippen molar-refractivity contribution < 1.29 is 0 Å². The van der Waals surface area contributed by atoms with Crippen LogP contribution in [0.15, 0.2) is 34.9 Å². The molecule has 0 fully saturated rings. The average molecular weight is 202 g/mol. The van der Waals surface area contributed by atoms with Gasteiger partial charge in [0.15, 0.2) is 0 Å². The summed E-state index contributed by atoms with van der Waals surface area (Å²) in [5, 5.41) is 0. The van der Waals surface area contributed by atoms with Crippen molar-refractivity contribution in [1.29, 1.82) is 0 Å². The first-order chi connectivity index (χ1) is 7.16. The van der Waals surface area contributed by atoms with Crippen LogP contribution in [0.4, 0.5) is 0 Å². The van der Waals surface area contributed by atoms with Crippen molar-refractivity contribution in [3.05, 3.63) is 34.9 Å². The molecule has 15 heavy (non-hydrogen) atoms. The third-order valence-corrected chi connectivity index (χ3v) is 4.00. The Balaban J connectivity index is 2.15. The number of hydrogen-bond acceptors (Lipinski definition) is 0. The number of allylic oxidation sites excluding steroid dienone is 6. The summed E-state index contributed by atoms with van der Waals surface area (Å²) in [4.78, 5) is 0. The minimum atomic E-state index is 0.765. The molecule has 0 saturated heterocycles. The van der Waals surface area contributed by atoms with E-state index in [0.717, 1.165) is 11.8 Å². The van der Waals surface area contributed by atoms with E-state index in [0.29, 0.717) is 0 Å². The predicted molar refractivity (Wildman–Crippen MR) is 66.7 cm³/mol. The summed E-state index contributed by atoms with van der Waals surface area (Å²) >= 11 is 0. The molecule has 2 aliphatic carbocycles. The highest BCUT2D eigenvalue weighted by molar-refractivity contribution is 5.38. The Hall–Kier alpha value is -0.780. The predicted octanol–water partition coefficient (Wildman–Crippen LogP) is 4.65. The molecule has 0 spiro atoms. The quantitative estimate of drug-likeness (QED) is 0.581. The molecule has 0 heteroatoms. The molecule has 0 aromatic carbocycles. The maximum atomic E-state index is 2.51. The van der Waals surface area contributed by atoms with Gasteiger partial charge in [-0.15, -0.1) is 0 Å². The standard InChI is InChI=1S/C15H22/c1-11-4-7-14(8-5-11)15-9-6-12(2)13(3)10-15/h4,7,10,12-13H,5-6,8-9H2,1-3H3. The van der Waals surface area contributed by atoms with Crippen molar-refractivity contribution >= 4 is 0 Å². The lowest BCUT2D eigenvalue weighted by atomic mass is 9.79. The summed E-state index contributed by atoms with van der Waals surface area (Å²) in [6.07, 6.45) is 12.3. The van der Waals surface area contributed by atoms with Crippen molar-refractivity contribution in [3.8, 4) is 0 Å². The fraction of sp³-hybridized carbons (Fsp3) is 0.600. The third-order valence-electron chi connectivity index (χ3n) is 4.00. The molecule has 0 aromatic heterocycles. The maximum absolute atomic E-state index is 2.51. The lowest BCUT2D eigenvalue weighted by Gasteiger charge is -2.26. The van der Waals surface area contributed by atoms with Crippen molar-refractivity contribution in [2.45, 2.75) is 46.5 Å². The molecule has 82 valence electrons. The van der Waals surface area contributed by atoms with Crippen LogP contribution in [0.25, 0.3) is 0 Å². The second-order valence-corrected chi connectivity index (χ2v) is 5.27. The molecule has 0 heterocycles. The van der Waals surface area contributed by atoms with Crippen molar-refractivity contribution in [2.75, 3.05) is 0 Å². The van der Waals surface area contributed by atoms with E-state index in [4.69, 9.17) is 0 Å². The van der Waals surface area contributed by atoms with E-state index in [2.05, 4.69) is 39.0 Å². The zero-order chi connectivity index (χ0) is 10.8. The topological polar surface area (TPSA) is 0 Å². The van der Waals surface area contributed by atoms with Crippen molar-refractivity contribution in [2.24, 2.45) is 11.8 Å². The SMILES string of the molecule is CC1=CC=C(C2=CC(C)C(C)CC2)CC1. The van der Waals surface area contributed by atoms with E-state index in [-0.39, 0.29) is 0 Å². The van der Waals surface area contributed by atoms with Crippen molar-refractivity contribution in [1.82, 2.24) is 0 Å². The fourth-order valence-corrected chi connectivity index (χ4v) is 2.49. The zero-order valence-electron chi connectivity index (χ0n) is 10.2. The Morgan fingerprint density at radius 1 is 1.00 bits per heavy atom. The molecule has 0 aromatic rings. The zero-order valence-corrected chi connectivity index (χ0v) is 10.2. The second kappa shape index (κ2) is 4.38. The van der Waals surface area contributed by atoms with Gasteiger partial charge in [0.05, 0.1) is 0 Å². The van der Waals surface area contributed by atoms with E-state index in [1.165, 1.54) is 31.3 Å². The summed E-state index contributed by atoms with van der Waals surface area (Å²) in [5.41, 5.74) is 4.75. The van der Waals surface area contributed by atoms with Crippen LogP contribution < -0.4 is 0 Å². The summed E-state index contributed by atoms with van der Waals surface area (Å²) < 4.78 is 0. The van der Waals surface area contributed by atoms with Crippen LogP contribution in [0.3, 0.4) is 0 Å². The molecule has 0 nitrogen and oxygen atoms in total. The van der Waals surface area contributed by atoms with Crippen LogP contribution >= 0.6 is 0 Å². The molecule has 0 amide bonds. The highest BCUT2D eigenvalue weighted by Gasteiger charge is 2.19. The smallest absolute Gasteiger partial charge is 0.0230 e. The Bertz CT molecular complexity index is 328. The first-order valence-corrected chi connectivity index (χ1v) is 6.24. The molecular weight excluding hydrogens is 180 g/mol. The van der Waals surface area contributed by atoms with Gasteiger partial charge in [-0.25, -0.2) is 0 Å². The van der Waals surface area contributed by atoms with Gasteiger partial charge in [0.25, 0.3) is 0 Å². The number of rotatable bonds is 1. The molecule has 0 aliphatic heterocycles. The van der Waals surface area contributed by atoms with Gasteiger partial charge < -0.3 is 0 Å². The van der Waals surface area contributed by atoms with E-state index in [9.17, 15) is 0 Å². The molecule has 0 radical (unpaired) electrons. The van der Waals surface area contributed by atoms with Gasteiger partial charge in [-0.05, 0) is 55.6 Å². The lowest BCUT2D eigenvalue weighted by Crippen LogP contribution is -2.13. The Morgan fingerprint density at radius 2 is 1.80 bits per heavy atom. The first-order valence-electron chi connectivity index (χ1n) is 6.24. The lowest BCUT2D eigenvalue weighted by molar-refractivity contribution is 0.405. The van der Waals surface area contributed by atoms with Crippen LogP contribution in [0.5, 0.6) is 0 Å². The molecule has 2 atom stereocenters. The number of hydrogen-bond donors (Lipinski definition) is 0. The summed E-state index contributed by atoms with van der Waals surface area (Å²) in [6, 6.07) is 0. The molecular formula is C15H22. The summed E-state index contributed by atoms with van der Waals surface area (Å²) in [5.74, 6) is 1.64. The van der Waals surface area contributed by atoms with Crippen LogP contribution in [-0.4, -0.2) is 0 Å².